The molecular formula is C20H19N5O2S. The lowest BCUT2D eigenvalue weighted by Crippen LogP contribution is -2.14. The van der Waals surface area contributed by atoms with Gasteiger partial charge in [-0.25, -0.2) is 4.98 Å². The summed E-state index contributed by atoms with van der Waals surface area (Å²) in [7, 11) is 1.60. The molecule has 0 aliphatic heterocycles. The monoisotopic (exact) mass is 393 g/mol. The number of rotatable bonds is 5. The zero-order chi connectivity index (χ0) is 19.7. The van der Waals surface area contributed by atoms with Crippen LogP contribution in [0.15, 0.2) is 41.6 Å². The van der Waals surface area contributed by atoms with Crippen LogP contribution in [0.4, 0.5) is 5.69 Å². The first-order chi connectivity index (χ1) is 13.5. The molecule has 0 saturated heterocycles. The molecule has 2 aromatic carbocycles. The van der Waals surface area contributed by atoms with Crippen molar-refractivity contribution in [1.82, 2.24) is 20.2 Å². The van der Waals surface area contributed by atoms with Gasteiger partial charge in [0.05, 0.1) is 18.4 Å². The first-order valence-corrected chi connectivity index (χ1v) is 9.72. The number of amides is 1. The highest BCUT2D eigenvalue weighted by Crippen LogP contribution is 2.28. The van der Waals surface area contributed by atoms with Gasteiger partial charge < -0.3 is 15.0 Å². The topological polar surface area (TPSA) is 92.8 Å². The van der Waals surface area contributed by atoms with Gasteiger partial charge in [0.15, 0.2) is 5.65 Å². The Bertz CT molecular complexity index is 1170. The van der Waals surface area contributed by atoms with Crippen LogP contribution in [0, 0.1) is 13.8 Å². The molecule has 0 atom stereocenters. The Morgan fingerprint density at radius 3 is 2.61 bits per heavy atom. The Labute approximate surface area is 165 Å². The molecule has 0 aliphatic rings. The van der Waals surface area contributed by atoms with Gasteiger partial charge in [-0.05, 0) is 49.2 Å². The third-order valence-electron chi connectivity index (χ3n) is 4.48. The molecule has 0 bridgehead atoms. The molecule has 0 aliphatic carbocycles. The summed E-state index contributed by atoms with van der Waals surface area (Å²) in [6.45, 7) is 4.09. The molecule has 28 heavy (non-hydrogen) atoms. The number of carbonyl (C=O) groups excluding carboxylic acids is 1. The van der Waals surface area contributed by atoms with Crippen molar-refractivity contribution in [3.8, 4) is 5.75 Å². The molecule has 4 aromatic rings. The lowest BCUT2D eigenvalue weighted by Gasteiger charge is -2.05. The van der Waals surface area contributed by atoms with Gasteiger partial charge in [0.2, 0.25) is 11.1 Å². The Morgan fingerprint density at radius 2 is 1.86 bits per heavy atom. The van der Waals surface area contributed by atoms with Crippen molar-refractivity contribution in [2.45, 2.75) is 19.0 Å². The second kappa shape index (κ2) is 7.47. The van der Waals surface area contributed by atoms with E-state index in [2.05, 4.69) is 37.6 Å². The number of aromatic nitrogens is 4. The molecular weight excluding hydrogens is 374 g/mol. The first-order valence-electron chi connectivity index (χ1n) is 8.74. The van der Waals surface area contributed by atoms with Crippen LogP contribution in [0.3, 0.4) is 0 Å². The summed E-state index contributed by atoms with van der Waals surface area (Å²) in [6, 6.07) is 11.3. The average molecular weight is 393 g/mol. The lowest BCUT2D eigenvalue weighted by atomic mass is 10.1. The van der Waals surface area contributed by atoms with Crippen molar-refractivity contribution in [1.29, 1.82) is 0 Å². The van der Waals surface area contributed by atoms with Gasteiger partial charge in [0.25, 0.3) is 0 Å². The molecule has 7 nitrogen and oxygen atoms in total. The van der Waals surface area contributed by atoms with Crippen molar-refractivity contribution in [3.63, 3.8) is 0 Å². The molecule has 142 valence electrons. The normalized spacial score (nSPS) is 11.1. The van der Waals surface area contributed by atoms with E-state index < -0.39 is 0 Å². The summed E-state index contributed by atoms with van der Waals surface area (Å²) in [5.41, 5.74) is 5.43. The molecule has 4 rings (SSSR count). The first kappa shape index (κ1) is 18.2. The molecule has 2 heterocycles. The number of hydrogen-bond acceptors (Lipinski definition) is 6. The summed E-state index contributed by atoms with van der Waals surface area (Å²) in [6.07, 6.45) is 0. The van der Waals surface area contributed by atoms with Gasteiger partial charge in [0.1, 0.15) is 11.3 Å². The fourth-order valence-electron chi connectivity index (χ4n) is 3.02. The van der Waals surface area contributed by atoms with E-state index in [1.165, 1.54) is 11.8 Å². The number of aryl methyl sites for hydroxylation is 2. The maximum atomic E-state index is 12.2. The SMILES string of the molecule is COc1ccc(NC(=O)CSc2nnc3c(n2)[nH]c2c(C)ccc(C)c23)cc1. The molecule has 0 saturated carbocycles. The number of nitrogens with zero attached hydrogens (tertiary/aromatic N) is 3. The highest BCUT2D eigenvalue weighted by atomic mass is 32.2. The minimum atomic E-state index is -0.137. The Hall–Kier alpha value is -3.13. The van der Waals surface area contributed by atoms with Crippen LogP contribution in [0.2, 0.25) is 0 Å². The highest BCUT2D eigenvalue weighted by Gasteiger charge is 2.14. The predicted molar refractivity (Wildman–Crippen MR) is 111 cm³/mol. The van der Waals surface area contributed by atoms with Crippen molar-refractivity contribution in [2.24, 2.45) is 0 Å². The minimum Gasteiger partial charge on any atom is -0.497 e. The zero-order valence-corrected chi connectivity index (χ0v) is 16.6. The van der Waals surface area contributed by atoms with Gasteiger partial charge in [-0.3, -0.25) is 4.79 Å². The summed E-state index contributed by atoms with van der Waals surface area (Å²) in [4.78, 5) is 20.0. The van der Waals surface area contributed by atoms with Crippen LogP contribution in [0.1, 0.15) is 11.1 Å². The Kier molecular flexibility index (Phi) is 4.87. The van der Waals surface area contributed by atoms with E-state index >= 15 is 0 Å². The molecule has 0 unspecified atom stereocenters. The number of anilines is 1. The van der Waals surface area contributed by atoms with E-state index in [0.29, 0.717) is 16.5 Å². The number of nitrogens with one attached hydrogen (secondary N) is 2. The van der Waals surface area contributed by atoms with E-state index in [4.69, 9.17) is 4.74 Å². The number of carbonyl (C=O) groups is 1. The van der Waals surface area contributed by atoms with Crippen LogP contribution < -0.4 is 10.1 Å². The largest absolute Gasteiger partial charge is 0.497 e. The number of methoxy groups -OCH3 is 1. The van der Waals surface area contributed by atoms with E-state index in [1.54, 1.807) is 31.4 Å². The fraction of sp³-hybridized carbons (Fsp3) is 0.200. The van der Waals surface area contributed by atoms with Gasteiger partial charge in [0, 0.05) is 11.1 Å². The number of benzene rings is 2. The smallest absolute Gasteiger partial charge is 0.234 e. The summed E-state index contributed by atoms with van der Waals surface area (Å²) in [5.74, 6) is 0.795. The van der Waals surface area contributed by atoms with Crippen LogP contribution in [0.5, 0.6) is 5.75 Å². The van der Waals surface area contributed by atoms with Crippen molar-refractivity contribution >= 4 is 45.4 Å². The standard InChI is InChI=1S/C20H19N5O2S/c1-11-4-5-12(2)17-16(11)18-19(22-17)23-20(25-24-18)28-10-15(26)21-13-6-8-14(27-3)9-7-13/h4-9H,10H2,1-3H3,(H,21,26)(H,22,23,25). The number of ether oxygens (including phenoxy) is 1. The zero-order valence-electron chi connectivity index (χ0n) is 15.7. The average Bonchev–Trinajstić information content (AvgIpc) is 3.10. The number of hydrogen-bond donors (Lipinski definition) is 2. The van der Waals surface area contributed by atoms with Crippen molar-refractivity contribution < 1.29 is 9.53 Å². The molecule has 8 heteroatoms. The van der Waals surface area contributed by atoms with Crippen LogP contribution >= 0.6 is 11.8 Å². The summed E-state index contributed by atoms with van der Waals surface area (Å²) >= 11 is 1.25. The Morgan fingerprint density at radius 1 is 1.11 bits per heavy atom. The van der Waals surface area contributed by atoms with Crippen LogP contribution in [-0.2, 0) is 4.79 Å². The number of aromatic amines is 1. The molecule has 2 N–H and O–H groups in total. The third-order valence-corrected chi connectivity index (χ3v) is 5.31. The molecule has 0 radical (unpaired) electrons. The van der Waals surface area contributed by atoms with Crippen LogP contribution in [0.25, 0.3) is 22.1 Å². The number of H-pyrrole nitrogens is 1. The van der Waals surface area contributed by atoms with E-state index in [0.717, 1.165) is 33.3 Å². The molecule has 0 spiro atoms. The molecule has 0 fully saturated rings. The van der Waals surface area contributed by atoms with Crippen molar-refractivity contribution in [2.75, 3.05) is 18.2 Å². The molecule has 2 aromatic heterocycles. The summed E-state index contributed by atoms with van der Waals surface area (Å²) in [5, 5.41) is 12.9. The molecule has 1 amide bonds. The Balaban J connectivity index is 1.48. The highest BCUT2D eigenvalue weighted by molar-refractivity contribution is 7.99. The minimum absolute atomic E-state index is 0.137. The van der Waals surface area contributed by atoms with Gasteiger partial charge in [-0.15, -0.1) is 10.2 Å². The number of fused-ring (bicyclic) bond motifs is 3. The van der Waals surface area contributed by atoms with Gasteiger partial charge in [-0.1, -0.05) is 23.9 Å². The third kappa shape index (κ3) is 3.50. The van der Waals surface area contributed by atoms with E-state index in [9.17, 15) is 4.79 Å². The quantitative estimate of drug-likeness (QED) is 0.500. The second-order valence-corrected chi connectivity index (χ2v) is 7.37. The second-order valence-electron chi connectivity index (χ2n) is 6.43. The van der Waals surface area contributed by atoms with E-state index in [1.807, 2.05) is 13.8 Å². The summed E-state index contributed by atoms with van der Waals surface area (Å²) < 4.78 is 5.11. The van der Waals surface area contributed by atoms with Crippen molar-refractivity contribution in [3.05, 3.63) is 47.5 Å². The maximum Gasteiger partial charge on any atom is 0.234 e. The predicted octanol–water partition coefficient (Wildman–Crippen LogP) is 3.86. The number of thioether (sulfide) groups is 1. The van der Waals surface area contributed by atoms with Crippen LogP contribution in [-0.4, -0.2) is 38.9 Å². The maximum absolute atomic E-state index is 12.2. The van der Waals surface area contributed by atoms with Gasteiger partial charge >= 0.3 is 0 Å². The van der Waals surface area contributed by atoms with E-state index in [-0.39, 0.29) is 11.7 Å². The van der Waals surface area contributed by atoms with Gasteiger partial charge in [-0.2, -0.15) is 0 Å². The lowest BCUT2D eigenvalue weighted by molar-refractivity contribution is -0.113. The fourth-order valence-corrected chi connectivity index (χ4v) is 3.61.